The molecule has 144 valence electrons. The highest BCUT2D eigenvalue weighted by molar-refractivity contribution is 6.01. The average molecular weight is 387 g/mol. The highest BCUT2D eigenvalue weighted by Crippen LogP contribution is 2.23. The molecule has 0 atom stereocenters. The molecule has 0 spiro atoms. The molecule has 0 bridgehead atoms. The van der Waals surface area contributed by atoms with Crippen LogP contribution in [0.3, 0.4) is 0 Å². The zero-order valence-electron chi connectivity index (χ0n) is 15.5. The smallest absolute Gasteiger partial charge is 0.248 e. The fourth-order valence-corrected chi connectivity index (χ4v) is 2.56. The molecule has 3 heterocycles. The largest absolute Gasteiger partial charge is 0.465 e. The third-order valence-corrected chi connectivity index (χ3v) is 3.86. The molecule has 0 aliphatic carbocycles. The number of benzene rings is 1. The molecule has 1 aromatic carbocycles. The Morgan fingerprint density at radius 2 is 2.07 bits per heavy atom. The van der Waals surface area contributed by atoms with E-state index in [1.807, 2.05) is 0 Å². The molecule has 1 N–H and O–H groups in total. The van der Waals surface area contributed by atoms with Crippen LogP contribution in [0, 0.1) is 6.92 Å². The molecule has 4 aromatic rings. The van der Waals surface area contributed by atoms with Crippen molar-refractivity contribution >= 4 is 17.7 Å². The van der Waals surface area contributed by atoms with Crippen LogP contribution < -0.4 is 10.1 Å². The van der Waals surface area contributed by atoms with Gasteiger partial charge in [-0.2, -0.15) is 4.98 Å². The maximum Gasteiger partial charge on any atom is 0.248 e. The van der Waals surface area contributed by atoms with Crippen LogP contribution in [-0.4, -0.2) is 25.4 Å². The molecule has 8 nitrogen and oxygen atoms in total. The molecule has 4 rings (SSSR count). The van der Waals surface area contributed by atoms with E-state index in [2.05, 4.69) is 20.3 Å². The monoisotopic (exact) mass is 387 g/mol. The number of carbonyl (C=O) groups is 1. The predicted octanol–water partition coefficient (Wildman–Crippen LogP) is 4.01. The number of rotatable bonds is 6. The second-order valence-electron chi connectivity index (χ2n) is 6.05. The summed E-state index contributed by atoms with van der Waals surface area (Å²) in [4.78, 5) is 24.7. The molecule has 0 saturated heterocycles. The van der Waals surface area contributed by atoms with Gasteiger partial charge in [0.25, 0.3) is 0 Å². The van der Waals surface area contributed by atoms with E-state index >= 15 is 0 Å². The minimum atomic E-state index is -0.258. The van der Waals surface area contributed by atoms with Gasteiger partial charge in [0.05, 0.1) is 6.26 Å². The summed E-state index contributed by atoms with van der Waals surface area (Å²) in [5, 5.41) is 2.77. The standard InChI is InChI=1S/C21H17N5O3/c1-15-23-19(26-11-10-22-14-26)13-21(24-15)29-18-6-4-16(5-7-18)25-20(27)9-8-17-3-2-12-28-17/h2-14H,1H3,(H,25,27)/b9-8+. The van der Waals surface area contributed by atoms with Gasteiger partial charge in [-0.05, 0) is 49.4 Å². The molecule has 8 heteroatoms. The molecule has 0 aliphatic heterocycles. The first-order chi connectivity index (χ1) is 14.2. The summed E-state index contributed by atoms with van der Waals surface area (Å²) < 4.78 is 12.8. The lowest BCUT2D eigenvalue weighted by molar-refractivity contribution is -0.111. The van der Waals surface area contributed by atoms with Gasteiger partial charge in [0.2, 0.25) is 11.8 Å². The van der Waals surface area contributed by atoms with Crippen molar-refractivity contribution in [2.75, 3.05) is 5.32 Å². The van der Waals surface area contributed by atoms with Gasteiger partial charge in [-0.1, -0.05) is 0 Å². The molecule has 0 radical (unpaired) electrons. The van der Waals surface area contributed by atoms with Crippen molar-refractivity contribution in [2.45, 2.75) is 6.92 Å². The van der Waals surface area contributed by atoms with E-state index in [4.69, 9.17) is 9.15 Å². The Morgan fingerprint density at radius 1 is 1.21 bits per heavy atom. The van der Waals surface area contributed by atoms with Gasteiger partial charge in [0.15, 0.2) is 0 Å². The Morgan fingerprint density at radius 3 is 2.79 bits per heavy atom. The summed E-state index contributed by atoms with van der Waals surface area (Å²) in [7, 11) is 0. The van der Waals surface area contributed by atoms with Crippen molar-refractivity contribution in [3.05, 3.63) is 85.1 Å². The van der Waals surface area contributed by atoms with E-state index in [1.54, 1.807) is 85.0 Å². The van der Waals surface area contributed by atoms with E-state index < -0.39 is 0 Å². The average Bonchev–Trinajstić information content (AvgIpc) is 3.42. The SMILES string of the molecule is Cc1nc(Oc2ccc(NC(=O)/C=C/c3ccco3)cc2)cc(-n2ccnc2)n1. The predicted molar refractivity (Wildman–Crippen MR) is 107 cm³/mol. The summed E-state index contributed by atoms with van der Waals surface area (Å²) in [6, 6.07) is 12.2. The van der Waals surface area contributed by atoms with Crippen LogP contribution in [0.15, 0.2) is 77.9 Å². The van der Waals surface area contributed by atoms with E-state index in [1.165, 1.54) is 6.08 Å². The van der Waals surface area contributed by atoms with E-state index in [-0.39, 0.29) is 5.91 Å². The van der Waals surface area contributed by atoms with Crippen LogP contribution in [-0.2, 0) is 4.79 Å². The number of carbonyl (C=O) groups excluding carboxylic acids is 1. The topological polar surface area (TPSA) is 95.1 Å². The molecule has 3 aromatic heterocycles. The lowest BCUT2D eigenvalue weighted by Crippen LogP contribution is -2.07. The number of imidazole rings is 1. The molecule has 0 fully saturated rings. The number of nitrogens with zero attached hydrogens (tertiary/aromatic N) is 4. The lowest BCUT2D eigenvalue weighted by atomic mass is 10.3. The molecule has 0 saturated carbocycles. The molecule has 1 amide bonds. The third-order valence-electron chi connectivity index (χ3n) is 3.86. The van der Waals surface area contributed by atoms with Crippen LogP contribution in [0.2, 0.25) is 0 Å². The number of ether oxygens (including phenoxy) is 1. The Balaban J connectivity index is 1.41. The van der Waals surface area contributed by atoms with Crippen molar-refractivity contribution in [1.29, 1.82) is 0 Å². The first kappa shape index (κ1) is 18.2. The number of nitrogens with one attached hydrogen (secondary N) is 1. The van der Waals surface area contributed by atoms with Crippen LogP contribution in [0.25, 0.3) is 11.9 Å². The Bertz CT molecular complexity index is 1120. The molecule has 29 heavy (non-hydrogen) atoms. The number of hydrogen-bond donors (Lipinski definition) is 1. The number of aromatic nitrogens is 4. The van der Waals surface area contributed by atoms with Gasteiger partial charge in [0, 0.05) is 30.2 Å². The fraction of sp³-hybridized carbons (Fsp3) is 0.0476. The van der Waals surface area contributed by atoms with Crippen molar-refractivity contribution in [2.24, 2.45) is 0 Å². The third kappa shape index (κ3) is 4.75. The number of aryl methyl sites for hydroxylation is 1. The van der Waals surface area contributed by atoms with Gasteiger partial charge in [-0.25, -0.2) is 9.97 Å². The van der Waals surface area contributed by atoms with Gasteiger partial charge < -0.3 is 14.5 Å². The molecule has 0 unspecified atom stereocenters. The van der Waals surface area contributed by atoms with Crippen molar-refractivity contribution in [1.82, 2.24) is 19.5 Å². The quantitative estimate of drug-likeness (QED) is 0.502. The lowest BCUT2D eigenvalue weighted by Gasteiger charge is -2.09. The maximum atomic E-state index is 12.0. The van der Waals surface area contributed by atoms with Crippen molar-refractivity contribution < 1.29 is 13.9 Å². The van der Waals surface area contributed by atoms with Crippen LogP contribution >= 0.6 is 0 Å². The van der Waals surface area contributed by atoms with Gasteiger partial charge >= 0.3 is 0 Å². The van der Waals surface area contributed by atoms with Crippen LogP contribution in [0.4, 0.5) is 5.69 Å². The van der Waals surface area contributed by atoms with Gasteiger partial charge in [0.1, 0.15) is 29.5 Å². The van der Waals surface area contributed by atoms with Crippen molar-refractivity contribution in [3.8, 4) is 17.4 Å². The Kier molecular flexibility index (Phi) is 5.15. The summed E-state index contributed by atoms with van der Waals surface area (Å²) in [6.45, 7) is 1.79. The number of anilines is 1. The second kappa shape index (κ2) is 8.22. The zero-order chi connectivity index (χ0) is 20.1. The molecular weight excluding hydrogens is 370 g/mol. The van der Waals surface area contributed by atoms with Crippen LogP contribution in [0.5, 0.6) is 11.6 Å². The van der Waals surface area contributed by atoms with E-state index in [0.29, 0.717) is 34.7 Å². The Labute approximate surface area is 166 Å². The number of amides is 1. The summed E-state index contributed by atoms with van der Waals surface area (Å²) >= 11 is 0. The zero-order valence-corrected chi connectivity index (χ0v) is 15.5. The van der Waals surface area contributed by atoms with E-state index in [0.717, 1.165) is 0 Å². The molecular formula is C21H17N5O3. The minimum absolute atomic E-state index is 0.258. The first-order valence-corrected chi connectivity index (χ1v) is 8.80. The Hall–Kier alpha value is -4.20. The normalized spacial score (nSPS) is 10.9. The highest BCUT2D eigenvalue weighted by Gasteiger charge is 2.06. The molecule has 0 aliphatic rings. The first-order valence-electron chi connectivity index (χ1n) is 8.80. The van der Waals surface area contributed by atoms with Crippen LogP contribution in [0.1, 0.15) is 11.6 Å². The summed E-state index contributed by atoms with van der Waals surface area (Å²) in [5.41, 5.74) is 0.643. The van der Waals surface area contributed by atoms with Gasteiger partial charge in [-0.15, -0.1) is 0 Å². The number of furan rings is 1. The van der Waals surface area contributed by atoms with Crippen molar-refractivity contribution in [3.63, 3.8) is 0 Å². The summed E-state index contributed by atoms with van der Waals surface area (Å²) in [5.74, 6) is 2.60. The second-order valence-corrected chi connectivity index (χ2v) is 6.05. The van der Waals surface area contributed by atoms with E-state index in [9.17, 15) is 4.79 Å². The van der Waals surface area contributed by atoms with Gasteiger partial charge in [-0.3, -0.25) is 9.36 Å². The minimum Gasteiger partial charge on any atom is -0.465 e. The highest BCUT2D eigenvalue weighted by atomic mass is 16.5. The maximum absolute atomic E-state index is 12.0. The fourth-order valence-electron chi connectivity index (χ4n) is 2.56. The number of hydrogen-bond acceptors (Lipinski definition) is 6. The summed E-state index contributed by atoms with van der Waals surface area (Å²) in [6.07, 6.45) is 9.68.